The Morgan fingerprint density at radius 2 is 1.88 bits per heavy atom. The lowest BCUT2D eigenvalue weighted by Gasteiger charge is -2.03. The van der Waals surface area contributed by atoms with Gasteiger partial charge in [0.2, 0.25) is 6.61 Å². The predicted octanol–water partition coefficient (Wildman–Crippen LogP) is 4.40. The van der Waals surface area contributed by atoms with Crippen LogP contribution in [0.5, 0.6) is 0 Å². The van der Waals surface area contributed by atoms with Gasteiger partial charge in [-0.3, -0.25) is 0 Å². The number of carbonyl (C=O) groups is 1. The molecule has 0 N–H and O–H groups in total. The number of hydrogen-bond donors (Lipinski definition) is 0. The van der Waals surface area contributed by atoms with E-state index in [0.29, 0.717) is 12.3 Å². The van der Waals surface area contributed by atoms with E-state index in [1.807, 2.05) is 61.5 Å². The third-order valence-corrected chi connectivity index (χ3v) is 3.70. The molecule has 0 radical (unpaired) electrons. The number of nitrogens with zero attached hydrogens (tertiary/aromatic N) is 1. The summed E-state index contributed by atoms with van der Waals surface area (Å²) >= 11 is 0. The molecule has 0 fully saturated rings. The highest BCUT2D eigenvalue weighted by Gasteiger charge is 2.07. The summed E-state index contributed by atoms with van der Waals surface area (Å²) in [5.41, 5.74) is 3.44. The number of ether oxygens (including phenoxy) is 1. The maximum atomic E-state index is 11.2. The van der Waals surface area contributed by atoms with Crippen molar-refractivity contribution in [3.63, 3.8) is 0 Å². The Balaban J connectivity index is 1.70. The van der Waals surface area contributed by atoms with Gasteiger partial charge in [0.1, 0.15) is 11.3 Å². The van der Waals surface area contributed by atoms with Crippen LogP contribution < -0.4 is 0 Å². The molecule has 0 aliphatic heterocycles. The predicted molar refractivity (Wildman–Crippen MR) is 96.4 cm³/mol. The van der Waals surface area contributed by atoms with Gasteiger partial charge >= 0.3 is 5.97 Å². The van der Waals surface area contributed by atoms with E-state index in [1.165, 1.54) is 0 Å². The van der Waals surface area contributed by atoms with E-state index in [2.05, 4.69) is 5.16 Å². The Labute approximate surface area is 145 Å². The number of esters is 1. The summed E-state index contributed by atoms with van der Waals surface area (Å²) in [6, 6.07) is 17.8. The maximum absolute atomic E-state index is 11.2. The second kappa shape index (κ2) is 7.66. The third kappa shape index (κ3) is 4.07. The molecule has 0 unspecified atom stereocenters. The highest BCUT2D eigenvalue weighted by atomic mass is 16.7. The van der Waals surface area contributed by atoms with Gasteiger partial charge in [-0.15, -0.1) is 0 Å². The van der Waals surface area contributed by atoms with E-state index < -0.39 is 5.97 Å². The maximum Gasteiger partial charge on any atom is 0.347 e. The summed E-state index contributed by atoms with van der Waals surface area (Å²) in [7, 11) is 0. The van der Waals surface area contributed by atoms with Crippen molar-refractivity contribution in [1.82, 2.24) is 0 Å². The first-order valence-electron chi connectivity index (χ1n) is 8.09. The van der Waals surface area contributed by atoms with Gasteiger partial charge in [0.25, 0.3) is 0 Å². The highest BCUT2D eigenvalue weighted by molar-refractivity contribution is 5.98. The molecule has 0 aliphatic carbocycles. The van der Waals surface area contributed by atoms with Gasteiger partial charge < -0.3 is 14.0 Å². The van der Waals surface area contributed by atoms with E-state index in [-0.39, 0.29) is 6.61 Å². The van der Waals surface area contributed by atoms with Crippen LogP contribution in [-0.4, -0.2) is 24.9 Å². The van der Waals surface area contributed by atoms with E-state index in [0.717, 1.165) is 27.9 Å². The Hall–Kier alpha value is -3.08. The van der Waals surface area contributed by atoms with E-state index in [1.54, 1.807) is 6.92 Å². The molecule has 128 valence electrons. The van der Waals surface area contributed by atoms with Crippen molar-refractivity contribution in [1.29, 1.82) is 0 Å². The number of fused-ring (bicyclic) bond motifs is 1. The first-order chi connectivity index (χ1) is 12.2. The summed E-state index contributed by atoms with van der Waals surface area (Å²) in [5, 5.41) is 5.02. The van der Waals surface area contributed by atoms with Crippen molar-refractivity contribution in [3.8, 4) is 11.3 Å². The van der Waals surface area contributed by atoms with Gasteiger partial charge in [-0.05, 0) is 31.5 Å². The minimum absolute atomic E-state index is 0.192. The van der Waals surface area contributed by atoms with Crippen LogP contribution in [0.2, 0.25) is 0 Å². The summed E-state index contributed by atoms with van der Waals surface area (Å²) in [6.45, 7) is 3.70. The van der Waals surface area contributed by atoms with Crippen molar-refractivity contribution in [2.75, 3.05) is 13.2 Å². The van der Waals surface area contributed by atoms with Crippen LogP contribution in [0.1, 0.15) is 19.4 Å². The topological polar surface area (TPSA) is 61.0 Å². The lowest BCUT2D eigenvalue weighted by atomic mass is 10.1. The Morgan fingerprint density at radius 1 is 1.12 bits per heavy atom. The molecule has 0 aliphatic rings. The zero-order valence-corrected chi connectivity index (χ0v) is 14.2. The molecule has 0 bridgehead atoms. The standard InChI is InChI=1S/C20H19NO4/c1-3-23-20(22)13-24-21-14(2)15-8-10-16(11-9-15)19-12-17-6-4-5-7-18(17)25-19/h4-12H,3,13H2,1-2H3. The van der Waals surface area contributed by atoms with Crippen LogP contribution in [0.3, 0.4) is 0 Å². The summed E-state index contributed by atoms with van der Waals surface area (Å²) in [4.78, 5) is 16.2. The lowest BCUT2D eigenvalue weighted by molar-refractivity contribution is -0.148. The van der Waals surface area contributed by atoms with Crippen LogP contribution in [0.15, 0.2) is 64.2 Å². The quantitative estimate of drug-likeness (QED) is 0.380. The van der Waals surface area contributed by atoms with Gasteiger partial charge in [0, 0.05) is 10.9 Å². The monoisotopic (exact) mass is 337 g/mol. The van der Waals surface area contributed by atoms with Gasteiger partial charge in [0.05, 0.1) is 12.3 Å². The van der Waals surface area contributed by atoms with Crippen molar-refractivity contribution in [3.05, 3.63) is 60.2 Å². The van der Waals surface area contributed by atoms with Crippen LogP contribution >= 0.6 is 0 Å². The van der Waals surface area contributed by atoms with Crippen LogP contribution in [0.4, 0.5) is 0 Å². The minimum atomic E-state index is -0.431. The van der Waals surface area contributed by atoms with Crippen LogP contribution in [0.25, 0.3) is 22.3 Å². The third-order valence-electron chi connectivity index (χ3n) is 3.70. The molecular formula is C20H19NO4. The summed E-state index contributed by atoms with van der Waals surface area (Å²) < 4.78 is 10.6. The fraction of sp³-hybridized carbons (Fsp3) is 0.200. The van der Waals surface area contributed by atoms with Crippen LogP contribution in [0, 0.1) is 0 Å². The number of oxime groups is 1. The largest absolute Gasteiger partial charge is 0.463 e. The van der Waals surface area contributed by atoms with Crippen molar-refractivity contribution in [2.45, 2.75) is 13.8 Å². The molecule has 5 heteroatoms. The number of rotatable bonds is 6. The summed E-state index contributed by atoms with van der Waals surface area (Å²) in [6.07, 6.45) is 0. The van der Waals surface area contributed by atoms with Crippen molar-refractivity contribution < 1.29 is 18.8 Å². The van der Waals surface area contributed by atoms with E-state index >= 15 is 0 Å². The molecule has 0 amide bonds. The fourth-order valence-corrected chi connectivity index (χ4v) is 2.44. The molecule has 25 heavy (non-hydrogen) atoms. The number of para-hydroxylation sites is 1. The molecule has 3 aromatic rings. The second-order valence-electron chi connectivity index (χ2n) is 5.48. The molecule has 1 aromatic heterocycles. The van der Waals surface area contributed by atoms with Crippen molar-refractivity contribution in [2.24, 2.45) is 5.16 Å². The number of carbonyl (C=O) groups excluding carboxylic acids is 1. The average molecular weight is 337 g/mol. The van der Waals surface area contributed by atoms with Gasteiger partial charge in [-0.25, -0.2) is 4.79 Å². The normalized spacial score (nSPS) is 11.5. The number of hydrogen-bond acceptors (Lipinski definition) is 5. The molecule has 0 atom stereocenters. The molecule has 3 rings (SSSR count). The molecule has 5 nitrogen and oxygen atoms in total. The zero-order valence-electron chi connectivity index (χ0n) is 14.2. The first-order valence-corrected chi connectivity index (χ1v) is 8.09. The Morgan fingerprint density at radius 3 is 2.60 bits per heavy atom. The fourth-order valence-electron chi connectivity index (χ4n) is 2.44. The molecule has 0 spiro atoms. The average Bonchev–Trinajstić information content (AvgIpc) is 3.06. The molecule has 0 saturated heterocycles. The van der Waals surface area contributed by atoms with E-state index in [4.69, 9.17) is 14.0 Å². The van der Waals surface area contributed by atoms with E-state index in [9.17, 15) is 4.79 Å². The van der Waals surface area contributed by atoms with Gasteiger partial charge in [-0.2, -0.15) is 0 Å². The van der Waals surface area contributed by atoms with Gasteiger partial charge in [0.15, 0.2) is 0 Å². The van der Waals surface area contributed by atoms with Crippen molar-refractivity contribution >= 4 is 22.7 Å². The molecule has 2 aromatic carbocycles. The molecule has 0 saturated carbocycles. The zero-order chi connectivity index (χ0) is 17.6. The SMILES string of the molecule is CCOC(=O)CON=C(C)c1ccc(-c2cc3ccccc3o2)cc1. The van der Waals surface area contributed by atoms with Crippen LogP contribution in [-0.2, 0) is 14.4 Å². The summed E-state index contributed by atoms with van der Waals surface area (Å²) in [5.74, 6) is 0.389. The molecule has 1 heterocycles. The number of furan rings is 1. The Kier molecular flexibility index (Phi) is 5.14. The lowest BCUT2D eigenvalue weighted by Crippen LogP contribution is -2.11. The smallest absolute Gasteiger partial charge is 0.347 e. The highest BCUT2D eigenvalue weighted by Crippen LogP contribution is 2.27. The Bertz CT molecular complexity index is 860. The first kappa shape index (κ1) is 16.8. The van der Waals surface area contributed by atoms with Gasteiger partial charge in [-0.1, -0.05) is 47.6 Å². The minimum Gasteiger partial charge on any atom is -0.463 e. The second-order valence-corrected chi connectivity index (χ2v) is 5.48. The molecular weight excluding hydrogens is 318 g/mol. The number of benzene rings is 2.